The summed E-state index contributed by atoms with van der Waals surface area (Å²) >= 11 is 0. The summed E-state index contributed by atoms with van der Waals surface area (Å²) in [6.07, 6.45) is 1.78. The first-order valence-electron chi connectivity index (χ1n) is 6.36. The predicted molar refractivity (Wildman–Crippen MR) is 74.1 cm³/mol. The molecule has 1 saturated heterocycles. The van der Waals surface area contributed by atoms with Gasteiger partial charge in [-0.15, -0.1) is 0 Å². The van der Waals surface area contributed by atoms with Crippen molar-refractivity contribution in [3.8, 4) is 0 Å². The molecule has 1 N–H and O–H groups in total. The number of carbonyl (C=O) groups excluding carboxylic acids is 2. The van der Waals surface area contributed by atoms with Crippen LogP contribution in [0.15, 0.2) is 9.98 Å². The van der Waals surface area contributed by atoms with E-state index in [1.807, 2.05) is 0 Å². The molecule has 0 aromatic heterocycles. The largest absolute Gasteiger partial charge is 0.480 e. The van der Waals surface area contributed by atoms with Gasteiger partial charge in [0, 0.05) is 39.6 Å². The fraction of sp³-hybridized carbons (Fsp3) is 0.615. The molecule has 0 radical (unpaired) electrons. The molecule has 1 aliphatic rings. The molecule has 1 fully saturated rings. The molecule has 1 atom stereocenters. The van der Waals surface area contributed by atoms with Gasteiger partial charge in [0.2, 0.25) is 11.8 Å². The minimum atomic E-state index is -1.22. The summed E-state index contributed by atoms with van der Waals surface area (Å²) in [6.45, 7) is 1.80. The Kier molecular flexibility index (Phi) is 5.54. The standard InChI is InChI=1S/C13H19N3O4/c1-8-4-11(17)16(12(18)5-8)10(13(19)20)6-9(15-3)7-14-2/h7-8,10H,4-6H2,1-3H3,(H,19,20). The van der Waals surface area contributed by atoms with Crippen LogP contribution in [0.3, 0.4) is 0 Å². The molecule has 1 rings (SSSR count). The van der Waals surface area contributed by atoms with Crippen LogP contribution in [-0.4, -0.2) is 59.9 Å². The summed E-state index contributed by atoms with van der Waals surface area (Å²) in [5, 5.41) is 9.29. The van der Waals surface area contributed by atoms with E-state index in [4.69, 9.17) is 0 Å². The van der Waals surface area contributed by atoms with E-state index in [0.717, 1.165) is 4.90 Å². The average molecular weight is 281 g/mol. The van der Waals surface area contributed by atoms with Crippen LogP contribution in [0.25, 0.3) is 0 Å². The van der Waals surface area contributed by atoms with Crippen molar-refractivity contribution in [1.29, 1.82) is 0 Å². The molecule has 1 aliphatic heterocycles. The van der Waals surface area contributed by atoms with Gasteiger partial charge in [0.15, 0.2) is 0 Å². The first kappa shape index (κ1) is 16.0. The number of imide groups is 1. The molecule has 0 aromatic rings. The summed E-state index contributed by atoms with van der Waals surface area (Å²) in [4.78, 5) is 43.8. The van der Waals surface area contributed by atoms with Crippen LogP contribution in [0.4, 0.5) is 0 Å². The van der Waals surface area contributed by atoms with Crippen LogP contribution in [0.1, 0.15) is 26.2 Å². The van der Waals surface area contributed by atoms with E-state index >= 15 is 0 Å². The number of aliphatic imine (C=N–C) groups is 2. The Morgan fingerprint density at radius 1 is 1.40 bits per heavy atom. The molecule has 1 heterocycles. The first-order chi connectivity index (χ1) is 9.40. The summed E-state index contributed by atoms with van der Waals surface area (Å²) < 4.78 is 0. The summed E-state index contributed by atoms with van der Waals surface area (Å²) in [5.74, 6) is -2.14. The third-order valence-corrected chi connectivity index (χ3v) is 3.15. The van der Waals surface area contributed by atoms with Gasteiger partial charge in [0.25, 0.3) is 0 Å². The second-order valence-corrected chi connectivity index (χ2v) is 4.83. The highest BCUT2D eigenvalue weighted by molar-refractivity contribution is 6.31. The van der Waals surface area contributed by atoms with E-state index in [1.54, 1.807) is 14.0 Å². The third kappa shape index (κ3) is 3.72. The van der Waals surface area contributed by atoms with Gasteiger partial charge in [-0.3, -0.25) is 24.5 Å². The number of aliphatic carboxylic acids is 1. The van der Waals surface area contributed by atoms with Crippen molar-refractivity contribution in [3.05, 3.63) is 0 Å². The molecule has 1 unspecified atom stereocenters. The molecular formula is C13H19N3O4. The molecule has 110 valence electrons. The third-order valence-electron chi connectivity index (χ3n) is 3.15. The van der Waals surface area contributed by atoms with Gasteiger partial charge >= 0.3 is 5.97 Å². The molecule has 2 amide bonds. The number of piperidine rings is 1. The van der Waals surface area contributed by atoms with Crippen molar-refractivity contribution in [2.75, 3.05) is 14.1 Å². The minimum absolute atomic E-state index is 0.0327. The van der Waals surface area contributed by atoms with Crippen LogP contribution in [-0.2, 0) is 14.4 Å². The van der Waals surface area contributed by atoms with Gasteiger partial charge in [-0.05, 0) is 5.92 Å². The van der Waals surface area contributed by atoms with Gasteiger partial charge < -0.3 is 5.11 Å². The average Bonchev–Trinajstić information content (AvgIpc) is 2.35. The SMILES string of the molecule is CN=CC(CC(C(=O)O)N1C(=O)CC(C)CC1=O)=NC. The van der Waals surface area contributed by atoms with Crippen LogP contribution in [0, 0.1) is 5.92 Å². The Hall–Kier alpha value is -2.05. The Morgan fingerprint density at radius 2 is 1.95 bits per heavy atom. The van der Waals surface area contributed by atoms with Crippen molar-refractivity contribution >= 4 is 29.7 Å². The highest BCUT2D eigenvalue weighted by Gasteiger charge is 2.39. The number of hydrogen-bond donors (Lipinski definition) is 1. The zero-order valence-electron chi connectivity index (χ0n) is 11.9. The lowest BCUT2D eigenvalue weighted by Gasteiger charge is -2.32. The van der Waals surface area contributed by atoms with Crippen molar-refractivity contribution in [3.63, 3.8) is 0 Å². The van der Waals surface area contributed by atoms with Gasteiger partial charge in [-0.25, -0.2) is 4.79 Å². The summed E-state index contributed by atoms with van der Waals surface area (Å²) in [5.41, 5.74) is 0.430. The molecule has 0 saturated carbocycles. The maximum absolute atomic E-state index is 12.0. The van der Waals surface area contributed by atoms with E-state index in [2.05, 4.69) is 9.98 Å². The van der Waals surface area contributed by atoms with Crippen LogP contribution < -0.4 is 0 Å². The molecule has 7 heteroatoms. The van der Waals surface area contributed by atoms with Crippen molar-refractivity contribution in [2.45, 2.75) is 32.2 Å². The molecular weight excluding hydrogens is 262 g/mol. The van der Waals surface area contributed by atoms with E-state index < -0.39 is 23.8 Å². The van der Waals surface area contributed by atoms with Crippen LogP contribution >= 0.6 is 0 Å². The number of likely N-dealkylation sites (tertiary alicyclic amines) is 1. The normalized spacial score (nSPS) is 19.8. The predicted octanol–water partition coefficient (Wildman–Crippen LogP) is 0.386. The van der Waals surface area contributed by atoms with Gasteiger partial charge in [-0.2, -0.15) is 0 Å². The lowest BCUT2D eigenvalue weighted by Crippen LogP contribution is -2.52. The molecule has 7 nitrogen and oxygen atoms in total. The summed E-state index contributed by atoms with van der Waals surface area (Å²) in [6, 6.07) is -1.22. The lowest BCUT2D eigenvalue weighted by atomic mass is 9.95. The highest BCUT2D eigenvalue weighted by atomic mass is 16.4. The zero-order valence-corrected chi connectivity index (χ0v) is 11.9. The van der Waals surface area contributed by atoms with Crippen LogP contribution in [0.2, 0.25) is 0 Å². The maximum Gasteiger partial charge on any atom is 0.327 e. The smallest absolute Gasteiger partial charge is 0.327 e. The van der Waals surface area contributed by atoms with Crippen molar-refractivity contribution in [1.82, 2.24) is 4.90 Å². The van der Waals surface area contributed by atoms with Crippen LogP contribution in [0.5, 0.6) is 0 Å². The maximum atomic E-state index is 12.0. The van der Waals surface area contributed by atoms with Crippen molar-refractivity contribution in [2.24, 2.45) is 15.9 Å². The second kappa shape index (κ2) is 6.93. The Labute approximate surface area is 117 Å². The van der Waals surface area contributed by atoms with Gasteiger partial charge in [0.05, 0.1) is 5.71 Å². The molecule has 0 aromatic carbocycles. The topological polar surface area (TPSA) is 99.4 Å². The number of carboxylic acid groups (broad SMARTS) is 1. The quantitative estimate of drug-likeness (QED) is 0.582. The Balaban J connectivity index is 2.99. The zero-order chi connectivity index (χ0) is 15.3. The Bertz CT molecular complexity index is 452. The van der Waals surface area contributed by atoms with Gasteiger partial charge in [-0.1, -0.05) is 6.92 Å². The second-order valence-electron chi connectivity index (χ2n) is 4.83. The molecule has 0 spiro atoms. The lowest BCUT2D eigenvalue weighted by molar-refractivity contribution is -0.161. The van der Waals surface area contributed by atoms with E-state index in [1.165, 1.54) is 13.3 Å². The van der Waals surface area contributed by atoms with E-state index in [-0.39, 0.29) is 25.2 Å². The van der Waals surface area contributed by atoms with Gasteiger partial charge in [0.1, 0.15) is 6.04 Å². The van der Waals surface area contributed by atoms with E-state index in [0.29, 0.717) is 5.71 Å². The number of amides is 2. The summed E-state index contributed by atoms with van der Waals surface area (Å²) in [7, 11) is 3.05. The molecule has 0 aliphatic carbocycles. The first-order valence-corrected chi connectivity index (χ1v) is 6.36. The number of hydrogen-bond acceptors (Lipinski definition) is 5. The minimum Gasteiger partial charge on any atom is -0.480 e. The monoisotopic (exact) mass is 281 g/mol. The fourth-order valence-electron chi connectivity index (χ4n) is 2.19. The number of carboxylic acids is 1. The number of rotatable bonds is 5. The number of carbonyl (C=O) groups is 3. The molecule has 0 bridgehead atoms. The van der Waals surface area contributed by atoms with Crippen molar-refractivity contribution < 1.29 is 19.5 Å². The molecule has 20 heavy (non-hydrogen) atoms. The number of nitrogens with zero attached hydrogens (tertiary/aromatic N) is 3. The fourth-order valence-corrected chi connectivity index (χ4v) is 2.19. The Morgan fingerprint density at radius 3 is 2.35 bits per heavy atom. The van der Waals surface area contributed by atoms with E-state index in [9.17, 15) is 19.5 Å². The highest BCUT2D eigenvalue weighted by Crippen LogP contribution is 2.22.